The quantitative estimate of drug-likeness (QED) is 0.182. The van der Waals surface area contributed by atoms with Crippen LogP contribution in [0.15, 0.2) is 77.8 Å². The second-order valence-corrected chi connectivity index (χ2v) is 8.48. The van der Waals surface area contributed by atoms with E-state index in [0.717, 1.165) is 22.6 Å². The van der Waals surface area contributed by atoms with Crippen LogP contribution in [-0.2, 0) is 16.1 Å². The summed E-state index contributed by atoms with van der Waals surface area (Å²) < 4.78 is 10.7. The summed E-state index contributed by atoms with van der Waals surface area (Å²) >= 11 is 0. The molecule has 0 saturated heterocycles. The van der Waals surface area contributed by atoms with Crippen molar-refractivity contribution in [3.8, 4) is 5.75 Å². The van der Waals surface area contributed by atoms with Gasteiger partial charge >= 0.3 is 6.09 Å². The maximum Gasteiger partial charge on any atom is 0.436 e. The molecule has 5 N–H and O–H groups in total. The lowest BCUT2D eigenvalue weighted by Crippen LogP contribution is -2.54. The second kappa shape index (κ2) is 12.2. The van der Waals surface area contributed by atoms with Crippen molar-refractivity contribution in [3.05, 3.63) is 89.5 Å². The normalized spacial score (nSPS) is 14.6. The van der Waals surface area contributed by atoms with E-state index in [1.807, 2.05) is 72.8 Å². The van der Waals surface area contributed by atoms with Crippen LogP contribution in [0.3, 0.4) is 0 Å². The molecule has 0 fully saturated rings. The molecule has 0 radical (unpaired) electrons. The van der Waals surface area contributed by atoms with Gasteiger partial charge in [-0.2, -0.15) is 10.5 Å². The van der Waals surface area contributed by atoms with Gasteiger partial charge in [-0.25, -0.2) is 10.6 Å². The van der Waals surface area contributed by atoms with E-state index in [1.54, 1.807) is 14.2 Å². The Kier molecular flexibility index (Phi) is 8.54. The highest BCUT2D eigenvalue weighted by atomic mass is 16.5. The zero-order chi connectivity index (χ0) is 27.1. The van der Waals surface area contributed by atoms with Gasteiger partial charge in [0.1, 0.15) is 5.75 Å². The van der Waals surface area contributed by atoms with Crippen LogP contribution >= 0.6 is 0 Å². The molecule has 0 aliphatic carbocycles. The van der Waals surface area contributed by atoms with Gasteiger partial charge in [-0.3, -0.25) is 9.79 Å². The molecule has 11 nitrogen and oxygen atoms in total. The maximum absolute atomic E-state index is 13.3. The molecule has 4 rings (SSSR count). The molecule has 0 bridgehead atoms. The number of methoxy groups -OCH3 is 2. The Hall–Kier alpha value is -4.45. The van der Waals surface area contributed by atoms with Gasteiger partial charge in [0.05, 0.1) is 30.8 Å². The van der Waals surface area contributed by atoms with E-state index in [4.69, 9.17) is 15.3 Å². The number of fused-ring (bicyclic) bond motifs is 1. The Balaban J connectivity index is 1.79. The number of benzene rings is 3. The number of carbonyl (C=O) groups is 2. The van der Waals surface area contributed by atoms with Gasteiger partial charge in [0.15, 0.2) is 6.17 Å². The molecular formula is C27H30N6O5. The largest absolute Gasteiger partial charge is 0.497 e. The van der Waals surface area contributed by atoms with E-state index in [-0.39, 0.29) is 0 Å². The molecule has 1 atom stereocenters. The van der Waals surface area contributed by atoms with Gasteiger partial charge in [0.2, 0.25) is 0 Å². The average Bonchev–Trinajstić information content (AvgIpc) is 3.07. The summed E-state index contributed by atoms with van der Waals surface area (Å²) in [5.41, 5.74) is 6.74. The van der Waals surface area contributed by atoms with Crippen LogP contribution in [0.25, 0.3) is 0 Å². The molecule has 0 saturated carbocycles. The number of nitrogens with two attached hydrogens (primary N) is 1. The minimum atomic E-state index is -1.46. The second-order valence-electron chi connectivity index (χ2n) is 8.48. The number of hydrogen-bond acceptors (Lipinski definition) is 8. The van der Waals surface area contributed by atoms with Crippen molar-refractivity contribution in [2.75, 3.05) is 37.6 Å². The van der Waals surface area contributed by atoms with Crippen LogP contribution in [0.4, 0.5) is 16.2 Å². The first kappa shape index (κ1) is 26.6. The minimum absolute atomic E-state index is 0.321. The molecule has 0 aromatic heterocycles. The summed E-state index contributed by atoms with van der Waals surface area (Å²) in [5, 5.41) is 12.5. The highest BCUT2D eigenvalue weighted by molar-refractivity contribution is 6.21. The molecule has 38 heavy (non-hydrogen) atoms. The monoisotopic (exact) mass is 518 g/mol. The number of rotatable bonds is 10. The molecule has 198 valence electrons. The number of nitrogens with one attached hydrogen (secondary N) is 2. The van der Waals surface area contributed by atoms with Crippen molar-refractivity contribution in [3.63, 3.8) is 0 Å². The summed E-state index contributed by atoms with van der Waals surface area (Å²) in [6.07, 6.45) is -2.75. The first-order valence-corrected chi connectivity index (χ1v) is 11.9. The van der Waals surface area contributed by atoms with Crippen LogP contribution in [-0.4, -0.2) is 61.5 Å². The molecule has 1 heterocycles. The predicted octanol–water partition coefficient (Wildman–Crippen LogP) is 2.82. The van der Waals surface area contributed by atoms with E-state index >= 15 is 0 Å². The average molecular weight is 519 g/mol. The van der Waals surface area contributed by atoms with Crippen molar-refractivity contribution < 1.29 is 24.2 Å². The lowest BCUT2D eigenvalue weighted by Gasteiger charge is -2.28. The van der Waals surface area contributed by atoms with E-state index in [9.17, 15) is 14.7 Å². The molecule has 0 spiro atoms. The number of hydrogen-bond donors (Lipinski definition) is 4. The van der Waals surface area contributed by atoms with E-state index in [2.05, 4.69) is 20.6 Å². The Bertz CT molecular complexity index is 1300. The topological polar surface area (TPSA) is 142 Å². The fraction of sp³-hybridized carbons (Fsp3) is 0.222. The number of para-hydroxylation sites is 1. The Labute approximate surface area is 220 Å². The van der Waals surface area contributed by atoms with Gasteiger partial charge in [-0.1, -0.05) is 54.6 Å². The van der Waals surface area contributed by atoms with Crippen molar-refractivity contribution in [2.24, 2.45) is 10.8 Å². The molecule has 1 aliphatic heterocycles. The van der Waals surface area contributed by atoms with Gasteiger partial charge < -0.3 is 24.8 Å². The number of anilines is 2. The highest BCUT2D eigenvalue weighted by Crippen LogP contribution is 2.34. The standard InChI is InChI=1S/C27H30N6O5/c1-37-16-15-32(17-18-11-13-20(38-2)14-12-18)22-10-6-9-21-23(19-7-4-3-5-8-19)29-25(26(34)30-24(21)22)31-33(28)27(35)36/h3-14,25,31H,15-17,28H2,1-2H3,(H,30,34)(H,35,36). The van der Waals surface area contributed by atoms with E-state index in [1.165, 1.54) is 0 Å². The van der Waals surface area contributed by atoms with Gasteiger partial charge in [-0.15, -0.1) is 0 Å². The molecule has 1 unspecified atom stereocenters. The Morgan fingerprint density at radius 3 is 2.47 bits per heavy atom. The zero-order valence-electron chi connectivity index (χ0n) is 21.1. The molecule has 2 amide bonds. The molecule has 3 aromatic carbocycles. The third kappa shape index (κ3) is 6.09. The van der Waals surface area contributed by atoms with Gasteiger partial charge in [0, 0.05) is 31.3 Å². The van der Waals surface area contributed by atoms with E-state index < -0.39 is 18.2 Å². The maximum atomic E-state index is 13.3. The van der Waals surface area contributed by atoms with Crippen molar-refractivity contribution >= 4 is 29.1 Å². The highest BCUT2D eigenvalue weighted by Gasteiger charge is 2.30. The van der Waals surface area contributed by atoms with Gasteiger partial charge in [0.25, 0.3) is 5.91 Å². The Morgan fingerprint density at radius 1 is 1.08 bits per heavy atom. The number of hydrazine groups is 2. The zero-order valence-corrected chi connectivity index (χ0v) is 21.1. The van der Waals surface area contributed by atoms with E-state index in [0.29, 0.717) is 41.8 Å². The predicted molar refractivity (Wildman–Crippen MR) is 144 cm³/mol. The number of benzodiazepines with no additional fused rings is 1. The van der Waals surface area contributed by atoms with Crippen LogP contribution in [0, 0.1) is 0 Å². The van der Waals surface area contributed by atoms with Crippen LogP contribution in [0.2, 0.25) is 0 Å². The number of carboxylic acid groups (broad SMARTS) is 1. The molecule has 1 aliphatic rings. The summed E-state index contributed by atoms with van der Waals surface area (Å²) in [6.45, 7) is 1.54. The third-order valence-electron chi connectivity index (χ3n) is 6.01. The Morgan fingerprint density at radius 2 is 1.82 bits per heavy atom. The van der Waals surface area contributed by atoms with Crippen LogP contribution < -0.4 is 26.2 Å². The van der Waals surface area contributed by atoms with Crippen LogP contribution in [0.1, 0.15) is 16.7 Å². The van der Waals surface area contributed by atoms with Crippen LogP contribution in [0.5, 0.6) is 5.75 Å². The van der Waals surface area contributed by atoms with Crippen molar-refractivity contribution in [1.82, 2.24) is 10.5 Å². The number of ether oxygens (including phenoxy) is 2. The first-order chi connectivity index (χ1) is 18.4. The summed E-state index contributed by atoms with van der Waals surface area (Å²) in [5.74, 6) is 5.73. The third-order valence-corrected chi connectivity index (χ3v) is 6.01. The summed E-state index contributed by atoms with van der Waals surface area (Å²) in [4.78, 5) is 31.4. The molecule has 11 heteroatoms. The smallest absolute Gasteiger partial charge is 0.436 e. The number of amides is 2. The SMILES string of the molecule is COCCN(Cc1ccc(OC)cc1)c1cccc2c1NC(=O)C(NN(N)C(=O)O)N=C2c1ccccc1. The molecular weight excluding hydrogens is 488 g/mol. The fourth-order valence-electron chi connectivity index (χ4n) is 4.12. The summed E-state index contributed by atoms with van der Waals surface area (Å²) in [7, 11) is 3.26. The summed E-state index contributed by atoms with van der Waals surface area (Å²) in [6, 6.07) is 22.8. The molecule has 3 aromatic rings. The number of aliphatic imine (C=N–C) groups is 1. The number of carbonyl (C=O) groups excluding carboxylic acids is 1. The van der Waals surface area contributed by atoms with Crippen molar-refractivity contribution in [1.29, 1.82) is 0 Å². The lowest BCUT2D eigenvalue weighted by atomic mass is 9.99. The lowest BCUT2D eigenvalue weighted by molar-refractivity contribution is -0.119. The number of nitrogens with zero attached hydrogens (tertiary/aromatic N) is 3. The van der Waals surface area contributed by atoms with Gasteiger partial charge in [-0.05, 0) is 23.8 Å². The minimum Gasteiger partial charge on any atom is -0.497 e. The van der Waals surface area contributed by atoms with Crippen molar-refractivity contribution in [2.45, 2.75) is 12.7 Å². The fourth-order valence-corrected chi connectivity index (χ4v) is 4.12. The first-order valence-electron chi connectivity index (χ1n) is 11.9.